The molecule has 0 aliphatic rings. The minimum atomic E-state index is -2.05. The molecule has 3 nitrogen and oxygen atoms in total. The lowest BCUT2D eigenvalue weighted by Gasteiger charge is -1.98. The summed E-state index contributed by atoms with van der Waals surface area (Å²) in [6.45, 7) is 5.12. The number of rotatable bonds is 4. The highest BCUT2D eigenvalue weighted by molar-refractivity contribution is 7.65. The first kappa shape index (κ1) is 11.4. The topological polar surface area (TPSA) is 43.4 Å². The van der Waals surface area contributed by atoms with Crippen LogP contribution < -0.4 is 0 Å². The van der Waals surface area contributed by atoms with Crippen molar-refractivity contribution in [2.75, 3.05) is 19.9 Å². The van der Waals surface area contributed by atoms with Crippen LogP contribution in [-0.2, 0) is 14.1 Å². The summed E-state index contributed by atoms with van der Waals surface area (Å²) in [7, 11) is -2.05. The molecular weight excluding hydrogens is 175 g/mol. The Balaban J connectivity index is 3.50. The van der Waals surface area contributed by atoms with Gasteiger partial charge in [0.2, 0.25) is 0 Å². The SMILES string of the molecule is CC(=O)OCC/C=C/P(C)(C)=O. The lowest BCUT2D eigenvalue weighted by molar-refractivity contribution is -0.140. The number of esters is 1. The molecule has 12 heavy (non-hydrogen) atoms. The second-order valence-corrected chi connectivity index (χ2v) is 6.11. The predicted molar refractivity (Wildman–Crippen MR) is 49.8 cm³/mol. The molecule has 0 heterocycles. The standard InChI is InChI=1S/C8H15O3P/c1-8(9)11-6-4-5-7-12(2,3)10/h5,7H,4,6H2,1-3H3/b7-5+. The van der Waals surface area contributed by atoms with Crippen molar-refractivity contribution in [2.24, 2.45) is 0 Å². The molecule has 4 heteroatoms. The monoisotopic (exact) mass is 190 g/mol. The number of carbonyl (C=O) groups excluding carboxylic acids is 1. The Kier molecular flexibility index (Phi) is 4.91. The lowest BCUT2D eigenvalue weighted by Crippen LogP contribution is -1.98. The molecule has 0 aromatic rings. The van der Waals surface area contributed by atoms with Gasteiger partial charge in [0, 0.05) is 6.92 Å². The molecule has 0 aliphatic carbocycles. The van der Waals surface area contributed by atoms with Crippen molar-refractivity contribution < 1.29 is 14.1 Å². The quantitative estimate of drug-likeness (QED) is 0.387. The van der Waals surface area contributed by atoms with Crippen molar-refractivity contribution in [3.05, 3.63) is 11.9 Å². The van der Waals surface area contributed by atoms with Crippen molar-refractivity contribution in [3.63, 3.8) is 0 Å². The fourth-order valence-electron chi connectivity index (χ4n) is 0.599. The van der Waals surface area contributed by atoms with Crippen molar-refractivity contribution in [3.8, 4) is 0 Å². The van der Waals surface area contributed by atoms with Crippen LogP contribution in [0.1, 0.15) is 13.3 Å². The van der Waals surface area contributed by atoms with Crippen LogP contribution >= 0.6 is 7.14 Å². The smallest absolute Gasteiger partial charge is 0.302 e. The van der Waals surface area contributed by atoms with Gasteiger partial charge in [0.05, 0.1) is 6.61 Å². The van der Waals surface area contributed by atoms with Gasteiger partial charge in [-0.05, 0) is 25.6 Å². The first-order valence-corrected chi connectivity index (χ1v) is 6.44. The summed E-state index contributed by atoms with van der Waals surface area (Å²) < 4.78 is 15.8. The highest BCUT2D eigenvalue weighted by Gasteiger charge is 1.98. The molecule has 0 atom stereocenters. The Morgan fingerprint density at radius 3 is 2.50 bits per heavy atom. The van der Waals surface area contributed by atoms with E-state index in [0.29, 0.717) is 13.0 Å². The van der Waals surface area contributed by atoms with Gasteiger partial charge in [-0.2, -0.15) is 0 Å². The molecule has 0 amide bonds. The van der Waals surface area contributed by atoms with Gasteiger partial charge in [-0.1, -0.05) is 6.08 Å². The minimum absolute atomic E-state index is 0.278. The van der Waals surface area contributed by atoms with Crippen LogP contribution in [0.25, 0.3) is 0 Å². The molecule has 0 aromatic carbocycles. The molecule has 0 bridgehead atoms. The Bertz CT molecular complexity index is 214. The Hall–Kier alpha value is -0.560. The zero-order valence-corrected chi connectivity index (χ0v) is 8.64. The third kappa shape index (κ3) is 9.44. The van der Waals surface area contributed by atoms with Crippen LogP contribution in [-0.4, -0.2) is 25.9 Å². The fraction of sp³-hybridized carbons (Fsp3) is 0.625. The lowest BCUT2D eigenvalue weighted by atomic mass is 10.4. The van der Waals surface area contributed by atoms with Gasteiger partial charge in [-0.25, -0.2) is 0 Å². The van der Waals surface area contributed by atoms with E-state index >= 15 is 0 Å². The van der Waals surface area contributed by atoms with Crippen molar-refractivity contribution in [1.82, 2.24) is 0 Å². The zero-order valence-electron chi connectivity index (χ0n) is 7.74. The Morgan fingerprint density at radius 1 is 1.50 bits per heavy atom. The average molecular weight is 190 g/mol. The third-order valence-electron chi connectivity index (χ3n) is 1.05. The van der Waals surface area contributed by atoms with Gasteiger partial charge in [0.25, 0.3) is 0 Å². The summed E-state index contributed by atoms with van der Waals surface area (Å²) in [5.41, 5.74) is 0. The van der Waals surface area contributed by atoms with Gasteiger partial charge in [-0.15, -0.1) is 0 Å². The molecule has 0 saturated carbocycles. The zero-order chi connectivity index (χ0) is 9.61. The number of hydrogen-bond donors (Lipinski definition) is 0. The fourth-order valence-corrected chi connectivity index (χ4v) is 1.26. The molecule has 0 fully saturated rings. The molecule has 0 unspecified atom stereocenters. The maximum atomic E-state index is 11.1. The van der Waals surface area contributed by atoms with Crippen molar-refractivity contribution in [2.45, 2.75) is 13.3 Å². The Labute approximate surface area is 73.2 Å². The molecule has 0 rings (SSSR count). The van der Waals surface area contributed by atoms with Crippen molar-refractivity contribution >= 4 is 13.1 Å². The van der Waals surface area contributed by atoms with E-state index in [1.165, 1.54) is 6.92 Å². The van der Waals surface area contributed by atoms with Crippen molar-refractivity contribution in [1.29, 1.82) is 0 Å². The summed E-state index contributed by atoms with van der Waals surface area (Å²) in [5.74, 6) is 1.40. The maximum Gasteiger partial charge on any atom is 0.302 e. The molecule has 0 radical (unpaired) electrons. The van der Waals surface area contributed by atoms with E-state index in [2.05, 4.69) is 4.74 Å². The first-order chi connectivity index (χ1) is 5.42. The van der Waals surface area contributed by atoms with Crippen LogP contribution in [0.4, 0.5) is 0 Å². The summed E-state index contributed by atoms with van der Waals surface area (Å²) in [4.78, 5) is 10.3. The predicted octanol–water partition coefficient (Wildman–Crippen LogP) is 2.08. The minimum Gasteiger partial charge on any atom is -0.466 e. The second-order valence-electron chi connectivity index (χ2n) is 2.95. The van der Waals surface area contributed by atoms with Gasteiger partial charge in [0.1, 0.15) is 7.14 Å². The molecule has 0 saturated heterocycles. The molecule has 70 valence electrons. The van der Waals surface area contributed by atoms with Crippen LogP contribution in [0.15, 0.2) is 11.9 Å². The van der Waals surface area contributed by atoms with Gasteiger partial charge >= 0.3 is 5.97 Å². The largest absolute Gasteiger partial charge is 0.466 e. The number of ether oxygens (including phenoxy) is 1. The van der Waals surface area contributed by atoms with E-state index in [9.17, 15) is 9.36 Å². The van der Waals surface area contributed by atoms with Gasteiger partial charge < -0.3 is 9.30 Å². The van der Waals surface area contributed by atoms with E-state index in [4.69, 9.17) is 0 Å². The highest BCUT2D eigenvalue weighted by atomic mass is 31.2. The summed E-state index contributed by atoms with van der Waals surface area (Å²) in [6, 6.07) is 0. The molecule has 0 N–H and O–H groups in total. The highest BCUT2D eigenvalue weighted by Crippen LogP contribution is 2.37. The number of hydrogen-bond acceptors (Lipinski definition) is 3. The van der Waals surface area contributed by atoms with E-state index in [0.717, 1.165) is 0 Å². The average Bonchev–Trinajstić information content (AvgIpc) is 1.83. The summed E-state index contributed by atoms with van der Waals surface area (Å²) in [5, 5.41) is 0. The maximum absolute atomic E-state index is 11.1. The molecular formula is C8H15O3P. The normalized spacial score (nSPS) is 11.9. The van der Waals surface area contributed by atoms with Crippen LogP contribution in [0.2, 0.25) is 0 Å². The molecule has 0 aliphatic heterocycles. The Morgan fingerprint density at radius 2 is 2.08 bits per heavy atom. The number of carbonyl (C=O) groups is 1. The first-order valence-electron chi connectivity index (χ1n) is 3.77. The van der Waals surface area contributed by atoms with Gasteiger partial charge in [0.15, 0.2) is 0 Å². The summed E-state index contributed by atoms with van der Waals surface area (Å²) >= 11 is 0. The molecule has 0 spiro atoms. The van der Waals surface area contributed by atoms with E-state index < -0.39 is 7.14 Å². The molecule has 0 aromatic heterocycles. The van der Waals surface area contributed by atoms with E-state index in [1.807, 2.05) is 0 Å². The van der Waals surface area contributed by atoms with Crippen LogP contribution in [0.5, 0.6) is 0 Å². The third-order valence-corrected chi connectivity index (χ3v) is 1.98. The van der Waals surface area contributed by atoms with E-state index in [1.54, 1.807) is 25.2 Å². The summed E-state index contributed by atoms with van der Waals surface area (Å²) in [6.07, 6.45) is 2.41. The van der Waals surface area contributed by atoms with Crippen LogP contribution in [0.3, 0.4) is 0 Å². The van der Waals surface area contributed by atoms with Crippen LogP contribution in [0, 0.1) is 0 Å². The second kappa shape index (κ2) is 5.15. The van der Waals surface area contributed by atoms with E-state index in [-0.39, 0.29) is 5.97 Å². The van der Waals surface area contributed by atoms with Gasteiger partial charge in [-0.3, -0.25) is 4.79 Å².